The van der Waals surface area contributed by atoms with Crippen LogP contribution in [0, 0.1) is 13.8 Å². The molecule has 0 atom stereocenters. The van der Waals surface area contributed by atoms with Crippen molar-refractivity contribution in [2.45, 2.75) is 13.8 Å². The van der Waals surface area contributed by atoms with E-state index in [9.17, 15) is 4.79 Å². The first kappa shape index (κ1) is 12.3. The normalized spacial score (nSPS) is 10.7. The van der Waals surface area contributed by atoms with Crippen molar-refractivity contribution in [3.05, 3.63) is 53.4 Å². The molecule has 0 saturated heterocycles. The molecule has 0 bridgehead atoms. The first-order chi connectivity index (χ1) is 9.69. The zero-order chi connectivity index (χ0) is 14.1. The van der Waals surface area contributed by atoms with Gasteiger partial charge in [0.05, 0.1) is 12.0 Å². The van der Waals surface area contributed by atoms with E-state index in [2.05, 4.69) is 16.4 Å². The van der Waals surface area contributed by atoms with Gasteiger partial charge in [0, 0.05) is 0 Å². The van der Waals surface area contributed by atoms with Crippen LogP contribution in [-0.2, 0) is 0 Å². The van der Waals surface area contributed by atoms with Crippen molar-refractivity contribution in [1.29, 1.82) is 0 Å². The van der Waals surface area contributed by atoms with Crippen LogP contribution in [0.3, 0.4) is 0 Å². The standard InChI is InChI=1S/C15H13N3O2/c1-10-6-11(2)8-12(7-10)18-15(13(9-19)16-17-18)14-4-3-5-20-14/h3-9H,1-2H3. The minimum Gasteiger partial charge on any atom is -0.463 e. The molecule has 100 valence electrons. The van der Waals surface area contributed by atoms with Gasteiger partial charge in [-0.1, -0.05) is 11.3 Å². The molecule has 0 N–H and O–H groups in total. The smallest absolute Gasteiger partial charge is 0.172 e. The molecule has 2 heterocycles. The maximum absolute atomic E-state index is 11.1. The molecule has 0 saturated carbocycles. The molecular formula is C15H13N3O2. The number of hydrogen-bond acceptors (Lipinski definition) is 4. The van der Waals surface area contributed by atoms with Gasteiger partial charge in [-0.25, -0.2) is 4.68 Å². The highest BCUT2D eigenvalue weighted by Crippen LogP contribution is 2.25. The molecule has 2 aromatic heterocycles. The monoisotopic (exact) mass is 267 g/mol. The van der Waals surface area contributed by atoms with Crippen molar-refractivity contribution in [1.82, 2.24) is 15.0 Å². The lowest BCUT2D eigenvalue weighted by molar-refractivity contribution is 0.111. The van der Waals surface area contributed by atoms with Gasteiger partial charge in [-0.15, -0.1) is 5.10 Å². The van der Waals surface area contributed by atoms with Gasteiger partial charge in [0.25, 0.3) is 0 Å². The Bertz CT molecular complexity index is 737. The number of aryl methyl sites for hydroxylation is 2. The fraction of sp³-hybridized carbons (Fsp3) is 0.133. The first-order valence-electron chi connectivity index (χ1n) is 6.22. The summed E-state index contributed by atoms with van der Waals surface area (Å²) >= 11 is 0. The number of furan rings is 1. The van der Waals surface area contributed by atoms with E-state index in [4.69, 9.17) is 4.42 Å². The number of benzene rings is 1. The highest BCUT2D eigenvalue weighted by molar-refractivity contribution is 5.82. The van der Waals surface area contributed by atoms with E-state index in [1.165, 1.54) is 0 Å². The molecule has 0 aliphatic rings. The van der Waals surface area contributed by atoms with Crippen LogP contribution in [-0.4, -0.2) is 21.3 Å². The zero-order valence-corrected chi connectivity index (χ0v) is 11.2. The molecular weight excluding hydrogens is 254 g/mol. The van der Waals surface area contributed by atoms with E-state index in [1.54, 1.807) is 23.1 Å². The van der Waals surface area contributed by atoms with Crippen LogP contribution in [0.25, 0.3) is 17.1 Å². The van der Waals surface area contributed by atoms with Crippen molar-refractivity contribution >= 4 is 6.29 Å². The number of aldehydes is 1. The second-order valence-electron chi connectivity index (χ2n) is 4.68. The van der Waals surface area contributed by atoms with Gasteiger partial charge in [-0.2, -0.15) is 0 Å². The molecule has 3 aromatic rings. The molecule has 5 heteroatoms. The van der Waals surface area contributed by atoms with Crippen LogP contribution in [0.5, 0.6) is 0 Å². The molecule has 5 nitrogen and oxygen atoms in total. The molecule has 0 amide bonds. The van der Waals surface area contributed by atoms with Crippen LogP contribution in [0.2, 0.25) is 0 Å². The van der Waals surface area contributed by atoms with Gasteiger partial charge in [-0.05, 0) is 49.2 Å². The maximum atomic E-state index is 11.1. The summed E-state index contributed by atoms with van der Waals surface area (Å²) in [6, 6.07) is 9.60. The van der Waals surface area contributed by atoms with E-state index in [0.29, 0.717) is 17.7 Å². The molecule has 0 radical (unpaired) electrons. The summed E-state index contributed by atoms with van der Waals surface area (Å²) in [4.78, 5) is 11.1. The number of carbonyl (C=O) groups excluding carboxylic acids is 1. The van der Waals surface area contributed by atoms with Crippen molar-refractivity contribution in [2.24, 2.45) is 0 Å². The third kappa shape index (κ3) is 2.03. The lowest BCUT2D eigenvalue weighted by Crippen LogP contribution is -2.00. The Kier molecular flexibility index (Phi) is 2.95. The summed E-state index contributed by atoms with van der Waals surface area (Å²) in [5.41, 5.74) is 3.92. The molecule has 20 heavy (non-hydrogen) atoms. The predicted octanol–water partition coefficient (Wildman–Crippen LogP) is 2.96. The molecule has 3 rings (SSSR count). The fourth-order valence-electron chi connectivity index (χ4n) is 2.27. The van der Waals surface area contributed by atoms with Crippen LogP contribution in [0.4, 0.5) is 0 Å². The van der Waals surface area contributed by atoms with Gasteiger partial charge in [0.2, 0.25) is 0 Å². The second-order valence-corrected chi connectivity index (χ2v) is 4.68. The average molecular weight is 267 g/mol. The van der Waals surface area contributed by atoms with E-state index in [0.717, 1.165) is 16.8 Å². The van der Waals surface area contributed by atoms with Crippen molar-refractivity contribution in [2.75, 3.05) is 0 Å². The van der Waals surface area contributed by atoms with E-state index >= 15 is 0 Å². The SMILES string of the molecule is Cc1cc(C)cc(-n2nnc(C=O)c2-c2ccco2)c1. The molecule has 0 spiro atoms. The number of aromatic nitrogens is 3. The maximum Gasteiger partial charge on any atom is 0.172 e. The summed E-state index contributed by atoms with van der Waals surface area (Å²) < 4.78 is 7.01. The fourth-order valence-corrected chi connectivity index (χ4v) is 2.27. The molecule has 1 aromatic carbocycles. The number of nitrogens with zero attached hydrogens (tertiary/aromatic N) is 3. The topological polar surface area (TPSA) is 60.9 Å². The van der Waals surface area contributed by atoms with E-state index in [-0.39, 0.29) is 5.69 Å². The molecule has 0 aliphatic carbocycles. The summed E-state index contributed by atoms with van der Waals surface area (Å²) in [5.74, 6) is 0.566. The van der Waals surface area contributed by atoms with Crippen LogP contribution >= 0.6 is 0 Å². The number of hydrogen-bond donors (Lipinski definition) is 0. The van der Waals surface area contributed by atoms with Crippen molar-refractivity contribution in [3.63, 3.8) is 0 Å². The van der Waals surface area contributed by atoms with Gasteiger partial charge in [0.15, 0.2) is 17.7 Å². The number of rotatable bonds is 3. The minimum absolute atomic E-state index is 0.263. The highest BCUT2D eigenvalue weighted by Gasteiger charge is 2.18. The van der Waals surface area contributed by atoms with Gasteiger partial charge in [-0.3, -0.25) is 4.79 Å². The zero-order valence-electron chi connectivity index (χ0n) is 11.2. The predicted molar refractivity (Wildman–Crippen MR) is 73.9 cm³/mol. The van der Waals surface area contributed by atoms with Crippen LogP contribution in [0.15, 0.2) is 41.0 Å². The third-order valence-corrected chi connectivity index (χ3v) is 3.01. The summed E-state index contributed by atoms with van der Waals surface area (Å²) in [6.07, 6.45) is 2.24. The van der Waals surface area contributed by atoms with E-state index < -0.39 is 0 Å². The third-order valence-electron chi connectivity index (χ3n) is 3.01. The van der Waals surface area contributed by atoms with Gasteiger partial charge in [0.1, 0.15) is 5.69 Å². The number of carbonyl (C=O) groups is 1. The second kappa shape index (κ2) is 4.77. The first-order valence-corrected chi connectivity index (χ1v) is 6.22. The molecule has 0 fully saturated rings. The summed E-state index contributed by atoms with van der Waals surface area (Å²) in [5, 5.41) is 7.98. The van der Waals surface area contributed by atoms with Crippen LogP contribution < -0.4 is 0 Å². The largest absolute Gasteiger partial charge is 0.463 e. The van der Waals surface area contributed by atoms with Gasteiger partial charge >= 0.3 is 0 Å². The Hall–Kier alpha value is -2.69. The lowest BCUT2D eigenvalue weighted by atomic mass is 10.1. The molecule has 0 unspecified atom stereocenters. The minimum atomic E-state index is 0.263. The average Bonchev–Trinajstić information content (AvgIpc) is 3.06. The van der Waals surface area contributed by atoms with E-state index in [1.807, 2.05) is 26.0 Å². The Morgan fingerprint density at radius 3 is 2.55 bits per heavy atom. The lowest BCUT2D eigenvalue weighted by Gasteiger charge is -2.07. The Balaban J connectivity index is 2.24. The highest BCUT2D eigenvalue weighted by atomic mass is 16.3. The van der Waals surface area contributed by atoms with Crippen LogP contribution in [0.1, 0.15) is 21.6 Å². The van der Waals surface area contributed by atoms with Crippen molar-refractivity contribution < 1.29 is 9.21 Å². The summed E-state index contributed by atoms with van der Waals surface area (Å²) in [7, 11) is 0. The summed E-state index contributed by atoms with van der Waals surface area (Å²) in [6.45, 7) is 4.03. The van der Waals surface area contributed by atoms with Crippen molar-refractivity contribution in [3.8, 4) is 17.1 Å². The quantitative estimate of drug-likeness (QED) is 0.684. The van der Waals surface area contributed by atoms with Gasteiger partial charge < -0.3 is 4.42 Å². The molecule has 0 aliphatic heterocycles. The Morgan fingerprint density at radius 2 is 1.95 bits per heavy atom. The Labute approximate surface area is 115 Å². The Morgan fingerprint density at radius 1 is 1.20 bits per heavy atom.